The summed E-state index contributed by atoms with van der Waals surface area (Å²) in [4.78, 5) is 58.4. The van der Waals surface area contributed by atoms with Gasteiger partial charge in [-0.1, -0.05) is 70.4 Å². The van der Waals surface area contributed by atoms with E-state index in [-0.39, 0.29) is 41.7 Å². The first kappa shape index (κ1) is 35.5. The van der Waals surface area contributed by atoms with E-state index >= 15 is 0 Å². The number of imidazole rings is 2. The third-order valence-corrected chi connectivity index (χ3v) is 10.1. The Morgan fingerprint density at radius 2 is 1.65 bits per heavy atom. The summed E-state index contributed by atoms with van der Waals surface area (Å²) < 4.78 is 4.74. The molecule has 11 nitrogen and oxygen atoms in total. The molecule has 266 valence electrons. The Labute approximate surface area is 299 Å². The molecule has 3 N–H and O–H groups in total. The number of carbonyl (C=O) groups excluding carboxylic acids is 3. The van der Waals surface area contributed by atoms with Crippen LogP contribution in [-0.4, -0.2) is 73.9 Å². The van der Waals surface area contributed by atoms with Gasteiger partial charge in [0.1, 0.15) is 29.4 Å². The molecule has 1 saturated heterocycles. The highest BCUT2D eigenvalue weighted by Crippen LogP contribution is 2.34. The third kappa shape index (κ3) is 7.55. The SMILES string of the molecule is COC(=O)N[C@H](C(=O)N1CCC[C@H]1c1ncc(C#Cc2ccc3cc(-c4cnc([C@@H]5C=C(C)CN5C(=O)[C@@H](C)C(C)C)[nH]4)ccc3c2)[nH]1)C(C)C. The molecular formula is C40H47N7O4. The van der Waals surface area contributed by atoms with Gasteiger partial charge in [-0.15, -0.1) is 0 Å². The monoisotopic (exact) mass is 689 g/mol. The van der Waals surface area contributed by atoms with Crippen molar-refractivity contribution in [2.45, 2.75) is 72.5 Å². The number of fused-ring (bicyclic) bond motifs is 1. The molecule has 0 radical (unpaired) electrons. The van der Waals surface area contributed by atoms with Gasteiger partial charge in [-0.25, -0.2) is 14.8 Å². The van der Waals surface area contributed by atoms with E-state index in [0.29, 0.717) is 24.6 Å². The lowest BCUT2D eigenvalue weighted by Gasteiger charge is -2.29. The average Bonchev–Trinajstić information content (AvgIpc) is 3.94. The van der Waals surface area contributed by atoms with E-state index in [4.69, 9.17) is 9.72 Å². The third-order valence-electron chi connectivity index (χ3n) is 10.1. The Balaban J connectivity index is 1.15. The van der Waals surface area contributed by atoms with Crippen molar-refractivity contribution in [2.75, 3.05) is 20.2 Å². The molecule has 11 heteroatoms. The highest BCUT2D eigenvalue weighted by Gasteiger charge is 2.37. The number of rotatable bonds is 8. The summed E-state index contributed by atoms with van der Waals surface area (Å²) in [6, 6.07) is 11.3. The molecule has 2 aliphatic rings. The minimum absolute atomic E-state index is 0.0599. The lowest BCUT2D eigenvalue weighted by molar-refractivity contribution is -0.137. The Kier molecular flexibility index (Phi) is 10.3. The number of alkyl carbamates (subject to hydrolysis) is 1. The number of aromatic nitrogens is 4. The molecule has 0 spiro atoms. The Bertz CT molecular complexity index is 2030. The number of benzene rings is 2. The molecule has 0 saturated carbocycles. The summed E-state index contributed by atoms with van der Waals surface area (Å²) in [6.45, 7) is 13.2. The molecule has 4 aromatic rings. The average molecular weight is 690 g/mol. The van der Waals surface area contributed by atoms with Gasteiger partial charge in [0.15, 0.2) is 0 Å². The van der Waals surface area contributed by atoms with E-state index in [2.05, 4.69) is 89.3 Å². The van der Waals surface area contributed by atoms with Gasteiger partial charge in [0, 0.05) is 30.1 Å². The van der Waals surface area contributed by atoms with Gasteiger partial charge >= 0.3 is 6.09 Å². The maximum absolute atomic E-state index is 13.5. The normalized spacial score (nSPS) is 18.5. The molecule has 4 heterocycles. The number of carbonyl (C=O) groups is 3. The Morgan fingerprint density at radius 1 is 0.902 bits per heavy atom. The number of nitrogens with one attached hydrogen (secondary N) is 3. The van der Waals surface area contributed by atoms with Crippen LogP contribution in [0.3, 0.4) is 0 Å². The molecule has 0 aliphatic carbocycles. The summed E-state index contributed by atoms with van der Waals surface area (Å²) in [5.74, 6) is 7.99. The number of likely N-dealkylation sites (tertiary alicyclic amines) is 1. The summed E-state index contributed by atoms with van der Waals surface area (Å²) in [6.07, 6.45) is 6.66. The first-order chi connectivity index (χ1) is 24.4. The molecule has 2 aliphatic heterocycles. The van der Waals surface area contributed by atoms with E-state index < -0.39 is 12.1 Å². The highest BCUT2D eigenvalue weighted by atomic mass is 16.5. The minimum atomic E-state index is -0.687. The molecule has 2 aromatic heterocycles. The number of H-pyrrole nitrogens is 2. The zero-order valence-electron chi connectivity index (χ0n) is 30.4. The van der Waals surface area contributed by atoms with Crippen LogP contribution >= 0.6 is 0 Å². The lowest BCUT2D eigenvalue weighted by atomic mass is 9.96. The Hall–Kier alpha value is -5.37. The second kappa shape index (κ2) is 14.9. The van der Waals surface area contributed by atoms with E-state index in [9.17, 15) is 14.4 Å². The molecule has 0 unspecified atom stereocenters. The maximum atomic E-state index is 13.5. The van der Waals surface area contributed by atoms with Crippen molar-refractivity contribution in [2.24, 2.45) is 17.8 Å². The smallest absolute Gasteiger partial charge is 0.407 e. The van der Waals surface area contributed by atoms with Crippen LogP contribution in [0.1, 0.15) is 89.4 Å². The minimum Gasteiger partial charge on any atom is -0.453 e. The van der Waals surface area contributed by atoms with Gasteiger partial charge in [-0.2, -0.15) is 0 Å². The number of ether oxygens (including phenoxy) is 1. The molecule has 4 atom stereocenters. The zero-order valence-corrected chi connectivity index (χ0v) is 30.4. The predicted octanol–water partition coefficient (Wildman–Crippen LogP) is 6.52. The van der Waals surface area contributed by atoms with Gasteiger partial charge in [0.25, 0.3) is 0 Å². The molecule has 1 fully saturated rings. The van der Waals surface area contributed by atoms with Crippen molar-refractivity contribution in [1.29, 1.82) is 0 Å². The zero-order chi connectivity index (χ0) is 36.4. The van der Waals surface area contributed by atoms with Crippen molar-refractivity contribution < 1.29 is 19.1 Å². The van der Waals surface area contributed by atoms with Crippen LogP contribution in [0.2, 0.25) is 0 Å². The second-order valence-corrected chi connectivity index (χ2v) is 14.4. The fraction of sp³-hybridized carbons (Fsp3) is 0.425. The van der Waals surface area contributed by atoms with Crippen molar-refractivity contribution in [3.8, 4) is 23.1 Å². The predicted molar refractivity (Wildman–Crippen MR) is 196 cm³/mol. The van der Waals surface area contributed by atoms with Crippen LogP contribution in [-0.2, 0) is 14.3 Å². The Morgan fingerprint density at radius 3 is 2.39 bits per heavy atom. The van der Waals surface area contributed by atoms with E-state index in [1.54, 1.807) is 11.1 Å². The second-order valence-electron chi connectivity index (χ2n) is 14.4. The van der Waals surface area contributed by atoms with E-state index in [1.807, 2.05) is 37.9 Å². The summed E-state index contributed by atoms with van der Waals surface area (Å²) in [7, 11) is 1.29. The summed E-state index contributed by atoms with van der Waals surface area (Å²) in [5, 5.41) is 4.82. The van der Waals surface area contributed by atoms with Crippen molar-refractivity contribution in [3.63, 3.8) is 0 Å². The van der Waals surface area contributed by atoms with Gasteiger partial charge in [-0.3, -0.25) is 9.59 Å². The van der Waals surface area contributed by atoms with Gasteiger partial charge in [-0.05, 0) is 66.5 Å². The number of hydrogen-bond donors (Lipinski definition) is 3. The standard InChI is InChI=1S/C40H47N7O4/c1-23(2)26(6)38(48)47-22-25(5)17-34(47)37-42-21-32(44-37)30-14-13-28-18-27(10-12-29(28)19-30)11-15-31-20-41-36(43-31)33-9-8-16-46(33)39(49)35(24(3)4)45-40(50)51-7/h10,12-14,17-21,23-24,26,33-35H,8-9,16,22H2,1-7H3,(H,41,43)(H,42,44)(H,45,50)/t26-,33-,34-,35-/m0/s1. The van der Waals surface area contributed by atoms with Gasteiger partial charge in [0.2, 0.25) is 11.8 Å². The summed E-state index contributed by atoms with van der Waals surface area (Å²) >= 11 is 0. The van der Waals surface area contributed by atoms with Gasteiger partial charge < -0.3 is 29.8 Å². The number of aromatic amines is 2. The van der Waals surface area contributed by atoms with Gasteiger partial charge in [0.05, 0.1) is 31.2 Å². The first-order valence-electron chi connectivity index (χ1n) is 17.7. The number of hydrogen-bond acceptors (Lipinski definition) is 6. The number of amides is 3. The maximum Gasteiger partial charge on any atom is 0.407 e. The van der Waals surface area contributed by atoms with Crippen LogP contribution in [0.4, 0.5) is 4.79 Å². The lowest BCUT2D eigenvalue weighted by Crippen LogP contribution is -2.51. The molecule has 0 bridgehead atoms. The van der Waals surface area contributed by atoms with Crippen LogP contribution in [0.25, 0.3) is 22.0 Å². The number of nitrogens with zero attached hydrogens (tertiary/aromatic N) is 4. The van der Waals surface area contributed by atoms with Crippen molar-refractivity contribution >= 4 is 28.7 Å². The highest BCUT2D eigenvalue weighted by molar-refractivity contribution is 5.88. The molecule has 3 amide bonds. The fourth-order valence-corrected chi connectivity index (χ4v) is 6.79. The van der Waals surface area contributed by atoms with Crippen LogP contribution in [0, 0.1) is 29.6 Å². The summed E-state index contributed by atoms with van der Waals surface area (Å²) in [5.41, 5.74) is 4.60. The largest absolute Gasteiger partial charge is 0.453 e. The molecule has 6 rings (SSSR count). The van der Waals surface area contributed by atoms with Crippen molar-refractivity contribution in [3.05, 3.63) is 83.3 Å². The van der Waals surface area contributed by atoms with Crippen molar-refractivity contribution in [1.82, 2.24) is 35.1 Å². The molecule has 51 heavy (non-hydrogen) atoms. The van der Waals surface area contributed by atoms with E-state index in [1.165, 1.54) is 12.7 Å². The molecule has 2 aromatic carbocycles. The van der Waals surface area contributed by atoms with Crippen LogP contribution in [0.5, 0.6) is 0 Å². The number of methoxy groups -OCH3 is 1. The fourth-order valence-electron chi connectivity index (χ4n) is 6.79. The topological polar surface area (TPSA) is 136 Å². The van der Waals surface area contributed by atoms with Crippen LogP contribution < -0.4 is 5.32 Å². The first-order valence-corrected chi connectivity index (χ1v) is 17.7. The molecular weight excluding hydrogens is 642 g/mol. The quantitative estimate of drug-likeness (QED) is 0.142. The van der Waals surface area contributed by atoms with E-state index in [0.717, 1.165) is 46.3 Å². The van der Waals surface area contributed by atoms with Crippen LogP contribution in [0.15, 0.2) is 60.4 Å².